The van der Waals surface area contributed by atoms with E-state index in [1.54, 1.807) is 0 Å². The summed E-state index contributed by atoms with van der Waals surface area (Å²) >= 11 is 0. The summed E-state index contributed by atoms with van der Waals surface area (Å²) in [5.41, 5.74) is 2.97. The third-order valence-electron chi connectivity index (χ3n) is 5.73. The van der Waals surface area contributed by atoms with Crippen molar-refractivity contribution < 1.29 is 14.2 Å². The first-order chi connectivity index (χ1) is 12.3. The van der Waals surface area contributed by atoms with Crippen molar-refractivity contribution in [3.05, 3.63) is 35.4 Å². The van der Waals surface area contributed by atoms with E-state index in [-0.39, 0.29) is 11.0 Å². The van der Waals surface area contributed by atoms with E-state index in [2.05, 4.69) is 52.8 Å². The Balaban J connectivity index is 1.38. The molecule has 1 aromatic carbocycles. The molecule has 0 aromatic heterocycles. The summed E-state index contributed by atoms with van der Waals surface area (Å²) in [4.78, 5) is 0. The zero-order chi connectivity index (χ0) is 18.8. The number of hydrogen-bond donors (Lipinski definition) is 0. The Morgan fingerprint density at radius 3 is 2.88 bits per heavy atom. The predicted molar refractivity (Wildman–Crippen MR) is 106 cm³/mol. The monoisotopic (exact) mass is 358 g/mol. The highest BCUT2D eigenvalue weighted by Crippen LogP contribution is 2.43. The minimum atomic E-state index is 0.103. The molecule has 1 saturated heterocycles. The van der Waals surface area contributed by atoms with Gasteiger partial charge in [0, 0.05) is 17.0 Å². The van der Waals surface area contributed by atoms with E-state index < -0.39 is 0 Å². The Kier molecular flexibility index (Phi) is 5.67. The second-order valence-corrected chi connectivity index (χ2v) is 8.73. The smallest absolute Gasteiger partial charge is 0.126 e. The lowest BCUT2D eigenvalue weighted by Gasteiger charge is -2.15. The summed E-state index contributed by atoms with van der Waals surface area (Å²) in [5, 5.41) is 0. The SMILES string of the molecule is CCCC1(C)OC1CCC(C)=CCCOc1ccc2c(c1)OCC2(C)C. The molecule has 2 aliphatic rings. The predicted octanol–water partition coefficient (Wildman–Crippen LogP) is 5.81. The maximum absolute atomic E-state index is 5.90. The van der Waals surface area contributed by atoms with Gasteiger partial charge in [0.05, 0.1) is 24.9 Å². The number of epoxide rings is 1. The highest BCUT2D eigenvalue weighted by molar-refractivity contribution is 5.47. The van der Waals surface area contributed by atoms with Gasteiger partial charge in [0.2, 0.25) is 0 Å². The third-order valence-corrected chi connectivity index (χ3v) is 5.73. The molecule has 0 spiro atoms. The van der Waals surface area contributed by atoms with Crippen molar-refractivity contribution in [3.63, 3.8) is 0 Å². The van der Waals surface area contributed by atoms with E-state index in [1.807, 2.05) is 6.07 Å². The highest BCUT2D eigenvalue weighted by Gasteiger charge is 2.50. The van der Waals surface area contributed by atoms with Crippen molar-refractivity contribution >= 4 is 0 Å². The molecule has 2 atom stereocenters. The second-order valence-electron chi connectivity index (χ2n) is 8.73. The number of hydrogen-bond acceptors (Lipinski definition) is 3. The van der Waals surface area contributed by atoms with Gasteiger partial charge in [0.15, 0.2) is 0 Å². The molecule has 2 heterocycles. The van der Waals surface area contributed by atoms with Crippen molar-refractivity contribution in [2.24, 2.45) is 0 Å². The lowest BCUT2D eigenvalue weighted by atomic mass is 9.87. The van der Waals surface area contributed by atoms with Crippen LogP contribution < -0.4 is 9.47 Å². The van der Waals surface area contributed by atoms with Crippen LogP contribution in [0.1, 0.15) is 72.3 Å². The Labute approximate surface area is 158 Å². The van der Waals surface area contributed by atoms with Crippen LogP contribution in [0.25, 0.3) is 0 Å². The molecule has 0 N–H and O–H groups in total. The quantitative estimate of drug-likeness (QED) is 0.317. The Bertz CT molecular complexity index is 661. The average molecular weight is 359 g/mol. The van der Waals surface area contributed by atoms with Crippen LogP contribution in [0.5, 0.6) is 11.5 Å². The van der Waals surface area contributed by atoms with Gasteiger partial charge in [-0.2, -0.15) is 0 Å². The van der Waals surface area contributed by atoms with Gasteiger partial charge < -0.3 is 14.2 Å². The zero-order valence-electron chi connectivity index (χ0n) is 17.1. The van der Waals surface area contributed by atoms with Crippen molar-refractivity contribution in [2.75, 3.05) is 13.2 Å². The van der Waals surface area contributed by atoms with Crippen LogP contribution in [-0.4, -0.2) is 24.9 Å². The first-order valence-corrected chi connectivity index (χ1v) is 10.1. The van der Waals surface area contributed by atoms with E-state index in [4.69, 9.17) is 14.2 Å². The first kappa shape index (κ1) is 19.3. The molecule has 0 radical (unpaired) electrons. The van der Waals surface area contributed by atoms with Crippen LogP contribution in [0.3, 0.4) is 0 Å². The molecule has 3 nitrogen and oxygen atoms in total. The van der Waals surface area contributed by atoms with Crippen molar-refractivity contribution in [3.8, 4) is 11.5 Å². The highest BCUT2D eigenvalue weighted by atomic mass is 16.6. The molecule has 144 valence electrons. The molecule has 0 aliphatic carbocycles. The van der Waals surface area contributed by atoms with Gasteiger partial charge in [-0.15, -0.1) is 0 Å². The summed E-state index contributed by atoms with van der Waals surface area (Å²) < 4.78 is 17.6. The fourth-order valence-electron chi connectivity index (χ4n) is 3.92. The molecule has 0 bridgehead atoms. The normalized spacial score (nSPS) is 26.3. The molecule has 1 aromatic rings. The van der Waals surface area contributed by atoms with Crippen LogP contribution in [0, 0.1) is 0 Å². The number of fused-ring (bicyclic) bond motifs is 1. The molecule has 2 aliphatic heterocycles. The number of rotatable bonds is 9. The van der Waals surface area contributed by atoms with E-state index in [0.29, 0.717) is 12.7 Å². The topological polar surface area (TPSA) is 31.0 Å². The van der Waals surface area contributed by atoms with Crippen LogP contribution in [-0.2, 0) is 10.2 Å². The summed E-state index contributed by atoms with van der Waals surface area (Å²) in [5.74, 6) is 1.87. The maximum atomic E-state index is 5.90. The molecule has 2 unspecified atom stereocenters. The largest absolute Gasteiger partial charge is 0.493 e. The van der Waals surface area contributed by atoms with Crippen molar-refractivity contribution in [2.45, 2.75) is 83.8 Å². The zero-order valence-corrected chi connectivity index (χ0v) is 17.1. The van der Waals surface area contributed by atoms with Crippen LogP contribution in [0.15, 0.2) is 29.8 Å². The van der Waals surface area contributed by atoms with Gasteiger partial charge in [0.25, 0.3) is 0 Å². The van der Waals surface area contributed by atoms with Gasteiger partial charge in [-0.05, 0) is 45.6 Å². The lowest BCUT2D eigenvalue weighted by Crippen LogP contribution is -2.18. The van der Waals surface area contributed by atoms with E-state index in [9.17, 15) is 0 Å². The number of benzene rings is 1. The minimum absolute atomic E-state index is 0.103. The third kappa shape index (κ3) is 4.43. The standard InChI is InChI=1S/C23H34O3/c1-6-13-23(5)21(26-23)12-9-17(2)8-7-14-24-18-10-11-19-20(15-18)25-16-22(19,3)4/h8,10-11,15,21H,6-7,9,12-14,16H2,1-5H3. The van der Waals surface area contributed by atoms with E-state index in [1.165, 1.54) is 24.0 Å². The van der Waals surface area contributed by atoms with Crippen molar-refractivity contribution in [1.29, 1.82) is 0 Å². The fourth-order valence-corrected chi connectivity index (χ4v) is 3.92. The van der Waals surface area contributed by atoms with Gasteiger partial charge in [-0.25, -0.2) is 0 Å². The summed E-state index contributed by atoms with van der Waals surface area (Å²) in [6, 6.07) is 6.23. The van der Waals surface area contributed by atoms with Gasteiger partial charge in [-0.3, -0.25) is 0 Å². The molecular weight excluding hydrogens is 324 g/mol. The lowest BCUT2D eigenvalue weighted by molar-refractivity contribution is 0.288. The Hall–Kier alpha value is -1.48. The molecule has 26 heavy (non-hydrogen) atoms. The maximum Gasteiger partial charge on any atom is 0.126 e. The first-order valence-electron chi connectivity index (χ1n) is 10.1. The van der Waals surface area contributed by atoms with E-state index in [0.717, 1.165) is 37.4 Å². The molecule has 3 heteroatoms. The molecule has 3 rings (SSSR count). The Morgan fingerprint density at radius 2 is 2.12 bits per heavy atom. The molecule has 1 fully saturated rings. The van der Waals surface area contributed by atoms with Crippen molar-refractivity contribution in [1.82, 2.24) is 0 Å². The summed E-state index contributed by atoms with van der Waals surface area (Å²) in [7, 11) is 0. The van der Waals surface area contributed by atoms with Crippen LogP contribution in [0.2, 0.25) is 0 Å². The Morgan fingerprint density at radius 1 is 1.31 bits per heavy atom. The summed E-state index contributed by atoms with van der Waals surface area (Å²) in [6.07, 6.45) is 8.32. The van der Waals surface area contributed by atoms with Crippen LogP contribution in [0.4, 0.5) is 0 Å². The molecule has 0 saturated carbocycles. The second kappa shape index (κ2) is 7.64. The van der Waals surface area contributed by atoms with Crippen LogP contribution >= 0.6 is 0 Å². The van der Waals surface area contributed by atoms with Gasteiger partial charge in [0.1, 0.15) is 11.5 Å². The van der Waals surface area contributed by atoms with Gasteiger partial charge in [-0.1, -0.05) is 44.9 Å². The molecular formula is C23H34O3. The fraction of sp³-hybridized carbons (Fsp3) is 0.652. The van der Waals surface area contributed by atoms with E-state index >= 15 is 0 Å². The minimum Gasteiger partial charge on any atom is -0.493 e. The van der Waals surface area contributed by atoms with Gasteiger partial charge >= 0.3 is 0 Å². The molecule has 0 amide bonds. The number of allylic oxidation sites excluding steroid dienone is 1. The average Bonchev–Trinajstić information content (AvgIpc) is 3.14. The summed E-state index contributed by atoms with van der Waals surface area (Å²) in [6.45, 7) is 12.6. The number of ether oxygens (including phenoxy) is 3.